The molecule has 136 valence electrons. The molecule has 3 rings (SSSR count). The molecule has 1 aliphatic heterocycles. The number of nitrogens with zero attached hydrogens (tertiary/aromatic N) is 1. The molecule has 1 amide bonds. The fraction of sp³-hybridized carbons (Fsp3) is 0.316. The van der Waals surface area contributed by atoms with E-state index < -0.39 is 5.97 Å². The van der Waals surface area contributed by atoms with Gasteiger partial charge in [-0.25, -0.2) is 9.78 Å². The van der Waals surface area contributed by atoms with Gasteiger partial charge in [0.05, 0.1) is 5.56 Å². The minimum absolute atomic E-state index is 0.0986. The number of benzene rings is 1. The Kier molecular flexibility index (Phi) is 5.54. The van der Waals surface area contributed by atoms with Crippen LogP contribution in [0.4, 0.5) is 0 Å². The predicted molar refractivity (Wildman–Crippen MR) is 96.7 cm³/mol. The summed E-state index contributed by atoms with van der Waals surface area (Å²) in [6.45, 7) is 1.63. The van der Waals surface area contributed by atoms with Crippen LogP contribution in [0.2, 0.25) is 5.02 Å². The van der Waals surface area contributed by atoms with Crippen LogP contribution in [-0.2, 0) is 10.2 Å². The normalized spacial score (nSPS) is 16.0. The molecule has 2 aromatic rings. The van der Waals surface area contributed by atoms with Crippen LogP contribution in [0.3, 0.4) is 0 Å². The fourth-order valence-corrected chi connectivity index (χ4v) is 3.54. The molecule has 1 fully saturated rings. The summed E-state index contributed by atoms with van der Waals surface area (Å²) in [6.07, 6.45) is 2.78. The average Bonchev–Trinajstić information content (AvgIpc) is 2.67. The summed E-state index contributed by atoms with van der Waals surface area (Å²) in [5.74, 6) is -1.43. The zero-order valence-corrected chi connectivity index (χ0v) is 14.8. The lowest BCUT2D eigenvalue weighted by atomic mass is 9.74. The highest BCUT2D eigenvalue weighted by Crippen LogP contribution is 2.38. The summed E-state index contributed by atoms with van der Waals surface area (Å²) >= 11 is 6.41. The number of carbonyl (C=O) groups is 2. The molecule has 26 heavy (non-hydrogen) atoms. The van der Waals surface area contributed by atoms with E-state index in [0.717, 1.165) is 18.4 Å². The third kappa shape index (κ3) is 3.86. The molecule has 0 spiro atoms. The van der Waals surface area contributed by atoms with Crippen LogP contribution in [0.25, 0.3) is 0 Å². The van der Waals surface area contributed by atoms with E-state index in [0.29, 0.717) is 30.3 Å². The van der Waals surface area contributed by atoms with Gasteiger partial charge in [-0.05, 0) is 36.6 Å². The lowest BCUT2D eigenvalue weighted by Gasteiger charge is -2.38. The molecule has 1 aromatic carbocycles. The van der Waals surface area contributed by atoms with Gasteiger partial charge in [0, 0.05) is 36.4 Å². The first-order valence-corrected chi connectivity index (χ1v) is 8.70. The minimum Gasteiger partial charge on any atom is -0.477 e. The Bertz CT molecular complexity index is 801. The number of aromatic nitrogens is 1. The van der Waals surface area contributed by atoms with Crippen molar-refractivity contribution in [2.45, 2.75) is 18.3 Å². The van der Waals surface area contributed by atoms with Crippen LogP contribution < -0.4 is 5.32 Å². The zero-order valence-electron chi connectivity index (χ0n) is 14.1. The van der Waals surface area contributed by atoms with E-state index in [2.05, 4.69) is 10.3 Å². The van der Waals surface area contributed by atoms with Crippen molar-refractivity contribution < 1.29 is 19.4 Å². The van der Waals surface area contributed by atoms with E-state index in [1.807, 2.05) is 24.3 Å². The molecule has 0 radical (unpaired) electrons. The Morgan fingerprint density at radius 2 is 1.92 bits per heavy atom. The van der Waals surface area contributed by atoms with Crippen LogP contribution in [0.15, 0.2) is 42.6 Å². The van der Waals surface area contributed by atoms with Crippen molar-refractivity contribution in [3.8, 4) is 0 Å². The summed E-state index contributed by atoms with van der Waals surface area (Å²) in [4.78, 5) is 27.1. The van der Waals surface area contributed by atoms with E-state index in [-0.39, 0.29) is 17.0 Å². The number of hydrogen-bond donors (Lipinski definition) is 2. The highest BCUT2D eigenvalue weighted by molar-refractivity contribution is 6.31. The molecule has 7 heteroatoms. The number of amides is 1. The van der Waals surface area contributed by atoms with Gasteiger partial charge in [-0.15, -0.1) is 0 Å². The van der Waals surface area contributed by atoms with Crippen molar-refractivity contribution in [2.24, 2.45) is 0 Å². The van der Waals surface area contributed by atoms with E-state index in [9.17, 15) is 9.59 Å². The minimum atomic E-state index is -1.13. The molecule has 1 aromatic heterocycles. The van der Waals surface area contributed by atoms with Crippen LogP contribution >= 0.6 is 11.6 Å². The quantitative estimate of drug-likeness (QED) is 0.840. The lowest BCUT2D eigenvalue weighted by Crippen LogP contribution is -2.44. The third-order valence-corrected chi connectivity index (χ3v) is 5.06. The summed E-state index contributed by atoms with van der Waals surface area (Å²) in [5.41, 5.74) is 0.931. The molecule has 0 bridgehead atoms. The fourth-order valence-electron chi connectivity index (χ4n) is 3.20. The van der Waals surface area contributed by atoms with Crippen molar-refractivity contribution in [1.82, 2.24) is 10.3 Å². The van der Waals surface area contributed by atoms with Crippen molar-refractivity contribution in [3.05, 3.63) is 64.4 Å². The first-order chi connectivity index (χ1) is 12.5. The maximum Gasteiger partial charge on any atom is 0.354 e. The van der Waals surface area contributed by atoms with Gasteiger partial charge >= 0.3 is 5.97 Å². The Balaban J connectivity index is 1.77. The van der Waals surface area contributed by atoms with Crippen molar-refractivity contribution >= 4 is 23.5 Å². The van der Waals surface area contributed by atoms with Gasteiger partial charge in [-0.1, -0.05) is 29.8 Å². The number of carboxylic acids is 1. The standard InChI is InChI=1S/C19H19ClN2O4/c20-15-4-2-1-3-14(15)19(7-9-26-10-8-19)12-22-17(23)13-5-6-16(18(24)25)21-11-13/h1-6,11H,7-10,12H2,(H,22,23)(H,24,25). The van der Waals surface area contributed by atoms with Crippen molar-refractivity contribution in [3.63, 3.8) is 0 Å². The Labute approximate surface area is 156 Å². The van der Waals surface area contributed by atoms with Gasteiger partial charge in [0.25, 0.3) is 5.91 Å². The SMILES string of the molecule is O=C(NCC1(c2ccccc2Cl)CCOCC1)c1ccc(C(=O)O)nc1. The van der Waals surface area contributed by atoms with Crippen LogP contribution in [0.1, 0.15) is 39.3 Å². The molecular weight excluding hydrogens is 356 g/mol. The molecule has 2 heterocycles. The largest absolute Gasteiger partial charge is 0.477 e. The molecule has 1 aliphatic rings. The summed E-state index contributed by atoms with van der Waals surface area (Å²) in [7, 11) is 0. The topological polar surface area (TPSA) is 88.5 Å². The number of halogens is 1. The highest BCUT2D eigenvalue weighted by Gasteiger charge is 2.36. The second-order valence-corrected chi connectivity index (χ2v) is 6.70. The van der Waals surface area contributed by atoms with E-state index >= 15 is 0 Å². The van der Waals surface area contributed by atoms with E-state index in [1.54, 1.807) is 0 Å². The number of ether oxygens (including phenoxy) is 1. The summed E-state index contributed by atoms with van der Waals surface area (Å²) in [6, 6.07) is 10.4. The molecule has 0 atom stereocenters. The van der Waals surface area contributed by atoms with E-state index in [4.69, 9.17) is 21.4 Å². The van der Waals surface area contributed by atoms with Gasteiger partial charge < -0.3 is 15.2 Å². The van der Waals surface area contributed by atoms with Gasteiger partial charge in [-0.3, -0.25) is 4.79 Å². The maximum atomic E-state index is 12.5. The molecule has 2 N–H and O–H groups in total. The molecule has 1 saturated heterocycles. The van der Waals surface area contributed by atoms with E-state index in [1.165, 1.54) is 18.3 Å². The summed E-state index contributed by atoms with van der Waals surface area (Å²) < 4.78 is 5.49. The number of carboxylic acid groups (broad SMARTS) is 1. The average molecular weight is 375 g/mol. The third-order valence-electron chi connectivity index (χ3n) is 4.73. The Hall–Kier alpha value is -2.44. The highest BCUT2D eigenvalue weighted by atomic mass is 35.5. The monoisotopic (exact) mass is 374 g/mol. The number of aromatic carboxylic acids is 1. The number of hydrogen-bond acceptors (Lipinski definition) is 4. The Morgan fingerprint density at radius 1 is 1.19 bits per heavy atom. The van der Waals surface area contributed by atoms with Crippen molar-refractivity contribution in [2.75, 3.05) is 19.8 Å². The first-order valence-electron chi connectivity index (χ1n) is 8.32. The van der Waals surface area contributed by atoms with Crippen LogP contribution in [0, 0.1) is 0 Å². The number of carbonyl (C=O) groups excluding carboxylic acids is 1. The van der Waals surface area contributed by atoms with Crippen molar-refractivity contribution in [1.29, 1.82) is 0 Å². The van der Waals surface area contributed by atoms with Crippen LogP contribution in [0.5, 0.6) is 0 Å². The predicted octanol–water partition coefficient (Wildman–Crippen LogP) is 2.91. The lowest BCUT2D eigenvalue weighted by molar-refractivity contribution is 0.0487. The number of nitrogens with one attached hydrogen (secondary N) is 1. The molecule has 0 aliphatic carbocycles. The molecular formula is C19H19ClN2O4. The maximum absolute atomic E-state index is 12.5. The number of rotatable bonds is 5. The molecule has 0 saturated carbocycles. The molecule has 0 unspecified atom stereocenters. The number of pyridine rings is 1. The zero-order chi connectivity index (χ0) is 18.6. The second kappa shape index (κ2) is 7.85. The Morgan fingerprint density at radius 3 is 2.54 bits per heavy atom. The van der Waals surface area contributed by atoms with Gasteiger partial charge in [0.2, 0.25) is 0 Å². The van der Waals surface area contributed by atoms with Gasteiger partial charge in [0.15, 0.2) is 0 Å². The second-order valence-electron chi connectivity index (χ2n) is 6.29. The molecule has 6 nitrogen and oxygen atoms in total. The van der Waals surface area contributed by atoms with Gasteiger partial charge in [-0.2, -0.15) is 0 Å². The smallest absolute Gasteiger partial charge is 0.354 e. The summed E-state index contributed by atoms with van der Waals surface area (Å²) in [5, 5.41) is 12.5. The van der Waals surface area contributed by atoms with Gasteiger partial charge in [0.1, 0.15) is 5.69 Å². The first kappa shape index (κ1) is 18.4. The van der Waals surface area contributed by atoms with Crippen LogP contribution in [-0.4, -0.2) is 41.7 Å².